The van der Waals surface area contributed by atoms with Crippen molar-refractivity contribution >= 4 is 5.91 Å². The van der Waals surface area contributed by atoms with Gasteiger partial charge in [-0.15, -0.1) is 0 Å². The number of piperidine rings is 1. The van der Waals surface area contributed by atoms with Gasteiger partial charge >= 0.3 is 0 Å². The Morgan fingerprint density at radius 2 is 2.09 bits per heavy atom. The number of amides is 1. The molecule has 8 nitrogen and oxygen atoms in total. The third-order valence-corrected chi connectivity index (χ3v) is 3.47. The summed E-state index contributed by atoms with van der Waals surface area (Å²) >= 11 is 0. The second-order valence-corrected chi connectivity index (χ2v) is 4.96. The normalized spacial score (nSPS) is 15.5. The van der Waals surface area contributed by atoms with Crippen LogP contribution in [0.5, 0.6) is 5.88 Å². The molecule has 1 aliphatic rings. The minimum Gasteiger partial charge on any atom is -0.474 e. The highest BCUT2D eigenvalue weighted by atomic mass is 16.5. The maximum atomic E-state index is 12.3. The third kappa shape index (κ3) is 3.27. The number of aromatic amines is 1. The fraction of sp³-hybridized carbons (Fsp3) is 0.357. The van der Waals surface area contributed by atoms with E-state index in [0.717, 1.165) is 12.8 Å². The number of likely N-dealkylation sites (tertiary alicyclic amines) is 1. The van der Waals surface area contributed by atoms with Gasteiger partial charge in [-0.1, -0.05) is 0 Å². The van der Waals surface area contributed by atoms with Crippen LogP contribution in [0.25, 0.3) is 0 Å². The van der Waals surface area contributed by atoms with Crippen molar-refractivity contribution in [2.75, 3.05) is 13.1 Å². The van der Waals surface area contributed by atoms with Crippen LogP contribution in [0.1, 0.15) is 23.3 Å². The molecule has 0 aliphatic carbocycles. The van der Waals surface area contributed by atoms with Crippen molar-refractivity contribution in [2.24, 2.45) is 0 Å². The molecule has 114 valence electrons. The van der Waals surface area contributed by atoms with Gasteiger partial charge in [0.05, 0.1) is 0 Å². The number of rotatable bonds is 3. The number of carbonyl (C=O) groups excluding carboxylic acids is 1. The maximum absolute atomic E-state index is 12.3. The van der Waals surface area contributed by atoms with Gasteiger partial charge in [0.2, 0.25) is 5.88 Å². The van der Waals surface area contributed by atoms with Crippen LogP contribution in [0.4, 0.5) is 0 Å². The van der Waals surface area contributed by atoms with E-state index < -0.39 is 0 Å². The average Bonchev–Trinajstić information content (AvgIpc) is 2.57. The summed E-state index contributed by atoms with van der Waals surface area (Å²) in [6.45, 7) is 1.16. The number of nitrogens with zero attached hydrogens (tertiary/aromatic N) is 4. The molecule has 0 radical (unpaired) electrons. The molecule has 0 unspecified atom stereocenters. The first-order valence-corrected chi connectivity index (χ1v) is 7.00. The zero-order valence-electron chi connectivity index (χ0n) is 11.8. The first-order chi connectivity index (χ1) is 10.7. The Kier molecular flexibility index (Phi) is 4.08. The van der Waals surface area contributed by atoms with Crippen LogP contribution in [0.2, 0.25) is 0 Å². The third-order valence-electron chi connectivity index (χ3n) is 3.47. The van der Waals surface area contributed by atoms with Crippen LogP contribution < -0.4 is 10.3 Å². The lowest BCUT2D eigenvalue weighted by Crippen LogP contribution is -2.42. The molecule has 1 fully saturated rings. The number of nitrogens with one attached hydrogen (secondary N) is 1. The van der Waals surface area contributed by atoms with E-state index in [1.165, 1.54) is 18.5 Å². The number of aromatic nitrogens is 4. The van der Waals surface area contributed by atoms with Gasteiger partial charge in [-0.2, -0.15) is 5.10 Å². The predicted molar refractivity (Wildman–Crippen MR) is 76.4 cm³/mol. The van der Waals surface area contributed by atoms with Crippen molar-refractivity contribution < 1.29 is 9.53 Å². The van der Waals surface area contributed by atoms with Gasteiger partial charge in [0, 0.05) is 44.3 Å². The summed E-state index contributed by atoms with van der Waals surface area (Å²) in [6, 6.07) is 4.44. The molecule has 3 heterocycles. The Morgan fingerprint density at radius 1 is 1.27 bits per heavy atom. The molecule has 0 spiro atoms. The van der Waals surface area contributed by atoms with E-state index in [1.807, 2.05) is 0 Å². The number of hydrogen-bond donors (Lipinski definition) is 1. The summed E-state index contributed by atoms with van der Waals surface area (Å²) in [5.41, 5.74) is -0.0803. The van der Waals surface area contributed by atoms with Gasteiger partial charge in [-0.3, -0.25) is 9.59 Å². The van der Waals surface area contributed by atoms with E-state index in [2.05, 4.69) is 20.2 Å². The molecule has 2 aromatic rings. The first-order valence-electron chi connectivity index (χ1n) is 7.00. The van der Waals surface area contributed by atoms with E-state index in [1.54, 1.807) is 17.2 Å². The van der Waals surface area contributed by atoms with Crippen molar-refractivity contribution in [2.45, 2.75) is 18.9 Å². The molecule has 3 rings (SSSR count). The van der Waals surface area contributed by atoms with Crippen LogP contribution in [-0.4, -0.2) is 50.2 Å². The molecule has 0 bridgehead atoms. The molecule has 22 heavy (non-hydrogen) atoms. The molecule has 1 amide bonds. The van der Waals surface area contributed by atoms with Gasteiger partial charge < -0.3 is 9.64 Å². The minimum atomic E-state index is -0.325. The summed E-state index contributed by atoms with van der Waals surface area (Å²) < 4.78 is 5.75. The van der Waals surface area contributed by atoms with E-state index in [4.69, 9.17) is 4.74 Å². The molecule has 8 heteroatoms. The Labute approximate surface area is 126 Å². The summed E-state index contributed by atoms with van der Waals surface area (Å²) in [6.07, 6.45) is 4.54. The zero-order valence-corrected chi connectivity index (χ0v) is 11.8. The summed E-state index contributed by atoms with van der Waals surface area (Å²) in [5, 5.41) is 6.03. The fourth-order valence-corrected chi connectivity index (χ4v) is 2.32. The molecule has 2 aromatic heterocycles. The monoisotopic (exact) mass is 301 g/mol. The van der Waals surface area contributed by atoms with E-state index in [9.17, 15) is 9.59 Å². The van der Waals surface area contributed by atoms with Gasteiger partial charge in [-0.25, -0.2) is 15.1 Å². The number of carbonyl (C=O) groups is 1. The number of H-pyrrole nitrogens is 1. The molecule has 0 aromatic carbocycles. The molecular formula is C14H15N5O3. The van der Waals surface area contributed by atoms with Crippen LogP contribution >= 0.6 is 0 Å². The number of hydrogen-bond acceptors (Lipinski definition) is 6. The Balaban J connectivity index is 1.56. The minimum absolute atomic E-state index is 0.0301. The van der Waals surface area contributed by atoms with Crippen LogP contribution in [-0.2, 0) is 0 Å². The van der Waals surface area contributed by atoms with Gasteiger partial charge in [-0.05, 0) is 6.07 Å². The Hall–Kier alpha value is -2.77. The molecule has 0 atom stereocenters. The molecule has 1 N–H and O–H groups in total. The van der Waals surface area contributed by atoms with Crippen molar-refractivity contribution in [1.29, 1.82) is 0 Å². The van der Waals surface area contributed by atoms with Crippen molar-refractivity contribution in [3.8, 4) is 5.88 Å². The average molecular weight is 301 g/mol. The summed E-state index contributed by atoms with van der Waals surface area (Å²) in [7, 11) is 0. The van der Waals surface area contributed by atoms with E-state index in [0.29, 0.717) is 19.0 Å². The van der Waals surface area contributed by atoms with Crippen LogP contribution in [0.15, 0.2) is 35.5 Å². The van der Waals surface area contributed by atoms with Gasteiger partial charge in [0.1, 0.15) is 18.1 Å². The van der Waals surface area contributed by atoms with E-state index >= 15 is 0 Å². The SMILES string of the molecule is O=C(c1ccc(=O)[nH]n1)N1CCC(Oc2ccncn2)CC1. The summed E-state index contributed by atoms with van der Waals surface area (Å²) in [5.74, 6) is 0.360. The smallest absolute Gasteiger partial charge is 0.274 e. The standard InChI is InChI=1S/C14H15N5O3/c20-12-2-1-11(17-18-12)14(21)19-7-4-10(5-8-19)22-13-3-6-15-9-16-13/h1-3,6,9-10H,4-5,7-8H2,(H,18,20). The molecule has 0 saturated carbocycles. The molecular weight excluding hydrogens is 286 g/mol. The predicted octanol–water partition coefficient (Wildman–Crippen LogP) is 0.243. The van der Waals surface area contributed by atoms with Crippen molar-refractivity contribution in [1.82, 2.24) is 25.1 Å². The van der Waals surface area contributed by atoms with Crippen molar-refractivity contribution in [3.63, 3.8) is 0 Å². The maximum Gasteiger partial charge on any atom is 0.274 e. The second-order valence-electron chi connectivity index (χ2n) is 4.96. The van der Waals surface area contributed by atoms with Gasteiger partial charge in [0.15, 0.2) is 0 Å². The zero-order chi connectivity index (χ0) is 15.4. The fourth-order valence-electron chi connectivity index (χ4n) is 2.32. The highest BCUT2D eigenvalue weighted by Gasteiger charge is 2.25. The second kappa shape index (κ2) is 6.33. The Morgan fingerprint density at radius 3 is 2.73 bits per heavy atom. The van der Waals surface area contributed by atoms with Crippen LogP contribution in [0, 0.1) is 0 Å². The molecule has 1 aliphatic heterocycles. The number of ether oxygens (including phenoxy) is 1. The lowest BCUT2D eigenvalue weighted by atomic mass is 10.1. The topological polar surface area (TPSA) is 101 Å². The Bertz CT molecular complexity index is 675. The highest BCUT2D eigenvalue weighted by molar-refractivity contribution is 5.92. The summed E-state index contributed by atoms with van der Waals surface area (Å²) in [4.78, 5) is 32.8. The highest BCUT2D eigenvalue weighted by Crippen LogP contribution is 2.17. The van der Waals surface area contributed by atoms with Crippen LogP contribution in [0.3, 0.4) is 0 Å². The largest absolute Gasteiger partial charge is 0.474 e. The van der Waals surface area contributed by atoms with Gasteiger partial charge in [0.25, 0.3) is 11.5 Å². The first kappa shape index (κ1) is 14.2. The van der Waals surface area contributed by atoms with Crippen molar-refractivity contribution in [3.05, 3.63) is 46.8 Å². The lowest BCUT2D eigenvalue weighted by molar-refractivity contribution is 0.0581. The molecule has 1 saturated heterocycles. The quantitative estimate of drug-likeness (QED) is 0.871. The van der Waals surface area contributed by atoms with E-state index in [-0.39, 0.29) is 23.3 Å². The lowest BCUT2D eigenvalue weighted by Gasteiger charge is -2.31.